The average molecular weight is 261 g/mol. The fourth-order valence-electron chi connectivity index (χ4n) is 2.36. The number of rotatable bonds is 5. The second kappa shape index (κ2) is 7.79. The Kier molecular flexibility index (Phi) is 5.69. The van der Waals surface area contributed by atoms with E-state index in [9.17, 15) is 4.79 Å². The van der Waals surface area contributed by atoms with Crippen molar-refractivity contribution < 1.29 is 4.79 Å². The lowest BCUT2D eigenvalue weighted by molar-refractivity contribution is 0.237. The minimum Gasteiger partial charge on any atom is -0.338 e. The molecule has 1 aliphatic heterocycles. The molecule has 0 aliphatic carbocycles. The zero-order valence-electron chi connectivity index (χ0n) is 11.3. The summed E-state index contributed by atoms with van der Waals surface area (Å²) in [5, 5.41) is 9.20. The first kappa shape index (κ1) is 13.9. The van der Waals surface area contributed by atoms with Crippen LogP contribution in [-0.4, -0.2) is 32.2 Å². The smallest absolute Gasteiger partial charge is 0.314 e. The predicted octanol–water partition coefficient (Wildman–Crippen LogP) is 1.53. The Hall–Kier alpha value is -1.55. The molecule has 0 radical (unpaired) electrons. The molecule has 0 saturated carbocycles. The number of piperidine rings is 1. The Bertz CT molecular complexity index is 374. The van der Waals surface area contributed by atoms with Gasteiger partial charge in [0.2, 0.25) is 0 Å². The highest BCUT2D eigenvalue weighted by atomic mass is 16.2. The number of hydrogen-bond acceptors (Lipinski definition) is 2. The highest BCUT2D eigenvalue weighted by Crippen LogP contribution is 2.07. The van der Waals surface area contributed by atoms with Crippen molar-refractivity contribution >= 4 is 6.03 Å². The van der Waals surface area contributed by atoms with Crippen molar-refractivity contribution in [1.82, 2.24) is 16.0 Å². The minimum absolute atomic E-state index is 0.0542. The molecule has 1 aromatic rings. The molecule has 2 amide bonds. The SMILES string of the molecule is O=C(NCCc1ccccc1)NCC1CCCNC1. The highest BCUT2D eigenvalue weighted by molar-refractivity contribution is 5.73. The molecule has 1 atom stereocenters. The fourth-order valence-corrected chi connectivity index (χ4v) is 2.36. The quantitative estimate of drug-likeness (QED) is 0.753. The molecule has 1 aliphatic rings. The van der Waals surface area contributed by atoms with Crippen LogP contribution >= 0.6 is 0 Å². The predicted molar refractivity (Wildman–Crippen MR) is 77.1 cm³/mol. The normalized spacial score (nSPS) is 18.8. The molecule has 1 aromatic carbocycles. The van der Waals surface area contributed by atoms with Gasteiger partial charge in [0, 0.05) is 13.1 Å². The van der Waals surface area contributed by atoms with Gasteiger partial charge in [-0.15, -0.1) is 0 Å². The summed E-state index contributed by atoms with van der Waals surface area (Å²) in [5.41, 5.74) is 1.25. The summed E-state index contributed by atoms with van der Waals surface area (Å²) in [4.78, 5) is 11.6. The number of benzene rings is 1. The second-order valence-electron chi connectivity index (χ2n) is 5.08. The Morgan fingerprint density at radius 1 is 1.26 bits per heavy atom. The van der Waals surface area contributed by atoms with Gasteiger partial charge in [0.15, 0.2) is 0 Å². The van der Waals surface area contributed by atoms with Crippen molar-refractivity contribution in [3.8, 4) is 0 Å². The average Bonchev–Trinajstić information content (AvgIpc) is 2.47. The minimum atomic E-state index is -0.0542. The molecule has 1 unspecified atom stereocenters. The van der Waals surface area contributed by atoms with E-state index in [-0.39, 0.29) is 6.03 Å². The molecule has 1 heterocycles. The van der Waals surface area contributed by atoms with Crippen LogP contribution in [0.1, 0.15) is 18.4 Å². The van der Waals surface area contributed by atoms with Crippen LogP contribution in [0.15, 0.2) is 30.3 Å². The van der Waals surface area contributed by atoms with Crippen molar-refractivity contribution in [2.24, 2.45) is 5.92 Å². The van der Waals surface area contributed by atoms with Gasteiger partial charge in [-0.25, -0.2) is 4.79 Å². The van der Waals surface area contributed by atoms with E-state index in [2.05, 4.69) is 28.1 Å². The number of urea groups is 1. The highest BCUT2D eigenvalue weighted by Gasteiger charge is 2.13. The fraction of sp³-hybridized carbons (Fsp3) is 0.533. The molecule has 0 spiro atoms. The molecule has 3 N–H and O–H groups in total. The first-order valence-corrected chi connectivity index (χ1v) is 7.11. The summed E-state index contributed by atoms with van der Waals surface area (Å²) < 4.78 is 0. The van der Waals surface area contributed by atoms with Gasteiger partial charge in [-0.3, -0.25) is 0 Å². The lowest BCUT2D eigenvalue weighted by Crippen LogP contribution is -2.42. The molecule has 19 heavy (non-hydrogen) atoms. The van der Waals surface area contributed by atoms with Crippen LogP contribution in [0.4, 0.5) is 4.79 Å². The van der Waals surface area contributed by atoms with Crippen molar-refractivity contribution in [1.29, 1.82) is 0 Å². The van der Waals surface area contributed by atoms with Crippen molar-refractivity contribution in [2.75, 3.05) is 26.2 Å². The van der Waals surface area contributed by atoms with Crippen LogP contribution in [0.2, 0.25) is 0 Å². The maximum Gasteiger partial charge on any atom is 0.314 e. The van der Waals surface area contributed by atoms with Gasteiger partial charge in [0.1, 0.15) is 0 Å². The van der Waals surface area contributed by atoms with Crippen molar-refractivity contribution in [3.05, 3.63) is 35.9 Å². The van der Waals surface area contributed by atoms with E-state index in [1.165, 1.54) is 18.4 Å². The second-order valence-corrected chi connectivity index (χ2v) is 5.08. The van der Waals surface area contributed by atoms with Gasteiger partial charge >= 0.3 is 6.03 Å². The van der Waals surface area contributed by atoms with Gasteiger partial charge in [-0.05, 0) is 43.8 Å². The summed E-state index contributed by atoms with van der Waals surface area (Å²) in [6, 6.07) is 10.1. The monoisotopic (exact) mass is 261 g/mol. The van der Waals surface area contributed by atoms with E-state index < -0.39 is 0 Å². The van der Waals surface area contributed by atoms with Crippen LogP contribution in [-0.2, 0) is 6.42 Å². The lowest BCUT2D eigenvalue weighted by Gasteiger charge is -2.22. The molecule has 104 valence electrons. The van der Waals surface area contributed by atoms with Gasteiger partial charge in [-0.2, -0.15) is 0 Å². The summed E-state index contributed by atoms with van der Waals surface area (Å²) in [5.74, 6) is 0.577. The van der Waals surface area contributed by atoms with Crippen LogP contribution in [0, 0.1) is 5.92 Å². The number of carbonyl (C=O) groups is 1. The standard InChI is InChI=1S/C15H23N3O/c19-15(18-12-14-7-4-9-16-11-14)17-10-8-13-5-2-1-3-6-13/h1-3,5-6,14,16H,4,7-12H2,(H2,17,18,19). The number of carbonyl (C=O) groups excluding carboxylic acids is 1. The number of hydrogen-bond donors (Lipinski definition) is 3. The van der Waals surface area contributed by atoms with Gasteiger partial charge in [-0.1, -0.05) is 30.3 Å². The third-order valence-corrected chi connectivity index (χ3v) is 3.49. The van der Waals surface area contributed by atoms with E-state index >= 15 is 0 Å². The summed E-state index contributed by atoms with van der Waals surface area (Å²) in [6.07, 6.45) is 3.29. The zero-order chi connectivity index (χ0) is 13.3. The third-order valence-electron chi connectivity index (χ3n) is 3.49. The van der Waals surface area contributed by atoms with Crippen LogP contribution in [0.3, 0.4) is 0 Å². The van der Waals surface area contributed by atoms with E-state index in [4.69, 9.17) is 0 Å². The Morgan fingerprint density at radius 2 is 2.11 bits per heavy atom. The van der Waals surface area contributed by atoms with Gasteiger partial charge in [0.25, 0.3) is 0 Å². The van der Waals surface area contributed by atoms with Crippen LogP contribution in [0.25, 0.3) is 0 Å². The maximum atomic E-state index is 11.6. The molecule has 0 aromatic heterocycles. The number of nitrogens with one attached hydrogen (secondary N) is 3. The van der Waals surface area contributed by atoms with Crippen molar-refractivity contribution in [2.45, 2.75) is 19.3 Å². The molecular weight excluding hydrogens is 238 g/mol. The van der Waals surface area contributed by atoms with Gasteiger partial charge in [0.05, 0.1) is 0 Å². The van der Waals surface area contributed by atoms with Gasteiger partial charge < -0.3 is 16.0 Å². The number of amides is 2. The molecular formula is C15H23N3O. The Balaban J connectivity index is 1.57. The third kappa shape index (κ3) is 5.30. The van der Waals surface area contributed by atoms with E-state index in [0.29, 0.717) is 12.5 Å². The van der Waals surface area contributed by atoms with E-state index in [0.717, 1.165) is 26.1 Å². The molecule has 1 saturated heterocycles. The largest absolute Gasteiger partial charge is 0.338 e. The molecule has 2 rings (SSSR count). The summed E-state index contributed by atoms with van der Waals surface area (Å²) >= 11 is 0. The van der Waals surface area contributed by atoms with Crippen LogP contribution < -0.4 is 16.0 Å². The lowest BCUT2D eigenvalue weighted by atomic mass is 10.00. The summed E-state index contributed by atoms with van der Waals surface area (Å²) in [6.45, 7) is 3.58. The topological polar surface area (TPSA) is 53.2 Å². The zero-order valence-corrected chi connectivity index (χ0v) is 11.3. The Morgan fingerprint density at radius 3 is 2.84 bits per heavy atom. The molecule has 4 heteroatoms. The summed E-state index contributed by atoms with van der Waals surface area (Å²) in [7, 11) is 0. The van der Waals surface area contributed by atoms with Crippen LogP contribution in [0.5, 0.6) is 0 Å². The maximum absolute atomic E-state index is 11.6. The first-order valence-electron chi connectivity index (χ1n) is 7.11. The molecule has 4 nitrogen and oxygen atoms in total. The van der Waals surface area contributed by atoms with Crippen molar-refractivity contribution in [3.63, 3.8) is 0 Å². The first-order chi connectivity index (χ1) is 9.34. The van der Waals surface area contributed by atoms with E-state index in [1.54, 1.807) is 0 Å². The molecule has 0 bridgehead atoms. The Labute approximate surface area is 115 Å². The van der Waals surface area contributed by atoms with E-state index in [1.807, 2.05) is 18.2 Å². The molecule has 1 fully saturated rings.